The van der Waals surface area contributed by atoms with Crippen LogP contribution in [0.1, 0.15) is 44.9 Å². The van der Waals surface area contributed by atoms with Gasteiger partial charge in [0.1, 0.15) is 5.54 Å². The topological polar surface area (TPSA) is 61.8 Å². The molecule has 3 fully saturated rings. The first-order valence-electron chi connectivity index (χ1n) is 8.52. The van der Waals surface area contributed by atoms with Gasteiger partial charge in [-0.25, -0.2) is 0 Å². The van der Waals surface area contributed by atoms with Gasteiger partial charge in [-0.2, -0.15) is 0 Å². The Hall–Kier alpha value is -0.650. The zero-order valence-electron chi connectivity index (χ0n) is 12.9. The number of rotatable bonds is 6. The molecule has 0 aromatic heterocycles. The summed E-state index contributed by atoms with van der Waals surface area (Å²) in [5, 5.41) is 13.3. The van der Waals surface area contributed by atoms with Crippen LogP contribution in [-0.2, 0) is 9.53 Å². The molecule has 3 aliphatic rings. The lowest BCUT2D eigenvalue weighted by molar-refractivity contribution is -0.147. The molecule has 0 bridgehead atoms. The molecule has 0 aromatic carbocycles. The molecular formula is C16H28N2O3. The molecule has 5 nitrogen and oxygen atoms in total. The van der Waals surface area contributed by atoms with Crippen LogP contribution in [0.25, 0.3) is 0 Å². The molecule has 1 heterocycles. The van der Waals surface area contributed by atoms with Crippen LogP contribution in [0.4, 0.5) is 0 Å². The molecule has 0 amide bonds. The molecular weight excluding hydrogens is 268 g/mol. The number of nitrogens with zero attached hydrogens (tertiary/aromatic N) is 1. The van der Waals surface area contributed by atoms with Crippen LogP contribution in [-0.4, -0.2) is 60.4 Å². The Kier molecular flexibility index (Phi) is 4.82. The van der Waals surface area contributed by atoms with Gasteiger partial charge in [-0.15, -0.1) is 0 Å². The van der Waals surface area contributed by atoms with Crippen LogP contribution < -0.4 is 5.32 Å². The molecule has 0 aromatic rings. The number of carbonyl (C=O) groups is 1. The molecule has 5 heteroatoms. The lowest BCUT2D eigenvalue weighted by Crippen LogP contribution is -2.56. The third kappa shape index (κ3) is 3.58. The van der Waals surface area contributed by atoms with Crippen molar-refractivity contribution in [3.8, 4) is 0 Å². The second-order valence-corrected chi connectivity index (χ2v) is 6.88. The predicted octanol–water partition coefficient (Wildman–Crippen LogP) is 1.47. The van der Waals surface area contributed by atoms with E-state index in [1.54, 1.807) is 0 Å². The lowest BCUT2D eigenvalue weighted by Gasteiger charge is -2.34. The molecule has 120 valence electrons. The first kappa shape index (κ1) is 15.3. The molecule has 0 spiro atoms. The summed E-state index contributed by atoms with van der Waals surface area (Å²) in [5.41, 5.74) is -0.649. The lowest BCUT2D eigenvalue weighted by atomic mass is 9.84. The maximum atomic E-state index is 11.9. The number of nitrogens with one attached hydrogen (secondary N) is 1. The minimum absolute atomic E-state index is 0.278. The van der Waals surface area contributed by atoms with E-state index in [4.69, 9.17) is 4.74 Å². The Morgan fingerprint density at radius 3 is 2.86 bits per heavy atom. The van der Waals surface area contributed by atoms with Gasteiger partial charge in [0.25, 0.3) is 0 Å². The van der Waals surface area contributed by atoms with Crippen molar-refractivity contribution in [3.05, 3.63) is 0 Å². The van der Waals surface area contributed by atoms with Crippen molar-refractivity contribution in [2.24, 2.45) is 5.92 Å². The summed E-state index contributed by atoms with van der Waals surface area (Å²) in [4.78, 5) is 14.3. The van der Waals surface area contributed by atoms with Crippen molar-refractivity contribution in [1.82, 2.24) is 10.2 Å². The number of hydrogen-bond acceptors (Lipinski definition) is 4. The normalized spacial score (nSPS) is 34.8. The van der Waals surface area contributed by atoms with Gasteiger partial charge in [0.2, 0.25) is 0 Å². The Labute approximate surface area is 127 Å². The van der Waals surface area contributed by atoms with Crippen LogP contribution in [0.5, 0.6) is 0 Å². The van der Waals surface area contributed by atoms with Gasteiger partial charge in [-0.05, 0) is 51.0 Å². The van der Waals surface area contributed by atoms with Crippen LogP contribution >= 0.6 is 0 Å². The van der Waals surface area contributed by atoms with Crippen molar-refractivity contribution < 1.29 is 14.6 Å². The predicted molar refractivity (Wildman–Crippen MR) is 80.4 cm³/mol. The second-order valence-electron chi connectivity index (χ2n) is 6.88. The van der Waals surface area contributed by atoms with E-state index in [-0.39, 0.29) is 5.92 Å². The molecule has 0 radical (unpaired) electrons. The highest BCUT2D eigenvalue weighted by Crippen LogP contribution is 2.40. The highest BCUT2D eigenvalue weighted by atomic mass is 16.5. The van der Waals surface area contributed by atoms with E-state index in [2.05, 4.69) is 10.2 Å². The first-order chi connectivity index (χ1) is 10.2. The number of aliphatic carboxylic acids is 1. The summed E-state index contributed by atoms with van der Waals surface area (Å²) in [6.45, 7) is 4.76. The van der Waals surface area contributed by atoms with Gasteiger partial charge in [0.05, 0.1) is 6.61 Å². The van der Waals surface area contributed by atoms with E-state index < -0.39 is 11.5 Å². The van der Waals surface area contributed by atoms with E-state index in [9.17, 15) is 9.90 Å². The molecule has 2 saturated carbocycles. The van der Waals surface area contributed by atoms with E-state index in [1.807, 2.05) is 0 Å². The molecule has 2 N–H and O–H groups in total. The van der Waals surface area contributed by atoms with Gasteiger partial charge < -0.3 is 14.7 Å². The van der Waals surface area contributed by atoms with Crippen molar-refractivity contribution in [2.45, 2.75) is 56.5 Å². The summed E-state index contributed by atoms with van der Waals surface area (Å²) in [7, 11) is 0. The fourth-order valence-corrected chi connectivity index (χ4v) is 3.95. The molecule has 2 unspecified atom stereocenters. The Morgan fingerprint density at radius 1 is 1.24 bits per heavy atom. The fourth-order valence-electron chi connectivity index (χ4n) is 3.95. The number of ether oxygens (including phenoxy) is 1. The van der Waals surface area contributed by atoms with E-state index in [0.717, 1.165) is 77.8 Å². The van der Waals surface area contributed by atoms with Crippen molar-refractivity contribution in [3.63, 3.8) is 0 Å². The molecule has 21 heavy (non-hydrogen) atoms. The molecule has 1 saturated heterocycles. The third-order valence-corrected chi connectivity index (χ3v) is 5.35. The van der Waals surface area contributed by atoms with Crippen LogP contribution in [0.3, 0.4) is 0 Å². The van der Waals surface area contributed by atoms with Gasteiger partial charge in [-0.1, -0.05) is 6.42 Å². The zero-order chi connectivity index (χ0) is 14.7. The first-order valence-corrected chi connectivity index (χ1v) is 8.52. The van der Waals surface area contributed by atoms with E-state index in [0.29, 0.717) is 6.04 Å². The van der Waals surface area contributed by atoms with Gasteiger partial charge >= 0.3 is 5.97 Å². The van der Waals surface area contributed by atoms with Gasteiger partial charge in [-0.3, -0.25) is 10.1 Å². The largest absolute Gasteiger partial charge is 0.480 e. The maximum Gasteiger partial charge on any atom is 0.324 e. The maximum absolute atomic E-state index is 11.9. The summed E-state index contributed by atoms with van der Waals surface area (Å²) in [6.07, 6.45) is 7.26. The minimum Gasteiger partial charge on any atom is -0.480 e. The van der Waals surface area contributed by atoms with E-state index >= 15 is 0 Å². The third-order valence-electron chi connectivity index (χ3n) is 5.35. The summed E-state index contributed by atoms with van der Waals surface area (Å²) in [5.74, 6) is -0.351. The van der Waals surface area contributed by atoms with Crippen molar-refractivity contribution >= 4 is 5.97 Å². The number of carboxylic acid groups (broad SMARTS) is 1. The van der Waals surface area contributed by atoms with Crippen LogP contribution in [0, 0.1) is 5.92 Å². The van der Waals surface area contributed by atoms with Crippen LogP contribution in [0.15, 0.2) is 0 Å². The molecule has 3 rings (SSSR count). The van der Waals surface area contributed by atoms with Gasteiger partial charge in [0, 0.05) is 25.7 Å². The minimum atomic E-state index is -0.649. The average Bonchev–Trinajstić information content (AvgIpc) is 3.22. The average molecular weight is 296 g/mol. The number of carboxylic acids is 1. The smallest absolute Gasteiger partial charge is 0.324 e. The Balaban J connectivity index is 1.58. The Bertz CT molecular complexity index is 365. The second kappa shape index (κ2) is 6.63. The zero-order valence-corrected chi connectivity index (χ0v) is 12.9. The fraction of sp³-hybridized carbons (Fsp3) is 0.938. The summed E-state index contributed by atoms with van der Waals surface area (Å²) >= 11 is 0. The summed E-state index contributed by atoms with van der Waals surface area (Å²) < 4.78 is 5.49. The standard InChI is InChI=1S/C16H28N2O3/c19-15(20)16(17-14-4-5-14)7-1-3-13(16)6-9-18-8-2-11-21-12-10-18/h13-14,17H,1-12H2,(H,19,20). The quantitative estimate of drug-likeness (QED) is 0.777. The number of hydrogen-bond donors (Lipinski definition) is 2. The highest BCUT2D eigenvalue weighted by molar-refractivity contribution is 5.80. The molecule has 2 aliphatic carbocycles. The molecule has 1 aliphatic heterocycles. The highest BCUT2D eigenvalue weighted by Gasteiger charge is 2.51. The molecule has 2 atom stereocenters. The summed E-state index contributed by atoms with van der Waals surface area (Å²) in [6, 6.07) is 0.452. The van der Waals surface area contributed by atoms with Crippen LogP contribution in [0.2, 0.25) is 0 Å². The van der Waals surface area contributed by atoms with Crippen molar-refractivity contribution in [1.29, 1.82) is 0 Å². The van der Waals surface area contributed by atoms with E-state index in [1.165, 1.54) is 0 Å². The van der Waals surface area contributed by atoms with Crippen molar-refractivity contribution in [2.75, 3.05) is 32.8 Å². The van der Waals surface area contributed by atoms with Gasteiger partial charge in [0.15, 0.2) is 0 Å². The monoisotopic (exact) mass is 296 g/mol. The Morgan fingerprint density at radius 2 is 2.10 bits per heavy atom. The SMILES string of the molecule is O=C(O)C1(NC2CC2)CCCC1CCN1CCCOCC1.